The lowest BCUT2D eigenvalue weighted by molar-refractivity contribution is 0.434. The summed E-state index contributed by atoms with van der Waals surface area (Å²) in [5, 5.41) is 13.3. The van der Waals surface area contributed by atoms with Gasteiger partial charge in [-0.3, -0.25) is 5.32 Å². The highest BCUT2D eigenvalue weighted by molar-refractivity contribution is 5.32. The van der Waals surface area contributed by atoms with Crippen molar-refractivity contribution in [2.75, 3.05) is 0 Å². The molecule has 0 amide bonds. The van der Waals surface area contributed by atoms with Gasteiger partial charge >= 0.3 is 0 Å². The number of benzene rings is 2. The highest BCUT2D eigenvalue weighted by Crippen LogP contribution is 2.24. The van der Waals surface area contributed by atoms with Crippen molar-refractivity contribution in [1.82, 2.24) is 5.32 Å². The first-order chi connectivity index (χ1) is 10.3. The standard InChI is InChI=1S/C18H17NO2/c20-16-10-5-4-9-15(16)13-19-18(17-11-6-12-21-17)14-7-2-1-3-8-14/h1-12,18-20H,13H2. The Morgan fingerprint density at radius 3 is 2.38 bits per heavy atom. The summed E-state index contributed by atoms with van der Waals surface area (Å²) in [7, 11) is 0. The van der Waals surface area contributed by atoms with E-state index in [0.29, 0.717) is 12.3 Å². The second-order valence-corrected chi connectivity index (χ2v) is 4.87. The Kier molecular flexibility index (Phi) is 4.03. The number of rotatable bonds is 5. The van der Waals surface area contributed by atoms with Gasteiger partial charge in [-0.15, -0.1) is 0 Å². The zero-order chi connectivity index (χ0) is 14.5. The quantitative estimate of drug-likeness (QED) is 0.745. The molecular weight excluding hydrogens is 262 g/mol. The van der Waals surface area contributed by atoms with Gasteiger partial charge in [-0.1, -0.05) is 48.5 Å². The third kappa shape index (κ3) is 3.15. The van der Waals surface area contributed by atoms with E-state index < -0.39 is 0 Å². The third-order valence-corrected chi connectivity index (χ3v) is 3.45. The molecule has 1 aromatic heterocycles. The molecule has 0 fully saturated rings. The molecule has 21 heavy (non-hydrogen) atoms. The molecule has 2 N–H and O–H groups in total. The Bertz CT molecular complexity index is 677. The number of aromatic hydroxyl groups is 1. The number of furan rings is 1. The summed E-state index contributed by atoms with van der Waals surface area (Å²) < 4.78 is 5.54. The molecule has 0 aliphatic rings. The molecule has 0 aliphatic heterocycles. The number of hydrogen-bond donors (Lipinski definition) is 2. The largest absolute Gasteiger partial charge is 0.508 e. The summed E-state index contributed by atoms with van der Waals surface area (Å²) in [6, 6.07) is 21.3. The second kappa shape index (κ2) is 6.29. The van der Waals surface area contributed by atoms with E-state index >= 15 is 0 Å². The van der Waals surface area contributed by atoms with Gasteiger partial charge in [0.05, 0.1) is 12.3 Å². The van der Waals surface area contributed by atoms with Crippen LogP contribution in [0.3, 0.4) is 0 Å². The van der Waals surface area contributed by atoms with Gasteiger partial charge in [-0.2, -0.15) is 0 Å². The average molecular weight is 279 g/mol. The minimum absolute atomic E-state index is 0.0409. The van der Waals surface area contributed by atoms with Crippen molar-refractivity contribution in [3.63, 3.8) is 0 Å². The lowest BCUT2D eigenvalue weighted by Crippen LogP contribution is -2.21. The molecule has 2 aromatic carbocycles. The lowest BCUT2D eigenvalue weighted by atomic mass is 10.0. The lowest BCUT2D eigenvalue weighted by Gasteiger charge is -2.17. The summed E-state index contributed by atoms with van der Waals surface area (Å²) in [5.74, 6) is 1.16. The zero-order valence-corrected chi connectivity index (χ0v) is 11.6. The molecule has 0 saturated heterocycles. The molecule has 1 atom stereocenters. The molecule has 0 aliphatic carbocycles. The second-order valence-electron chi connectivity index (χ2n) is 4.87. The molecule has 3 aromatic rings. The van der Waals surface area contributed by atoms with Crippen LogP contribution in [0.4, 0.5) is 0 Å². The Morgan fingerprint density at radius 1 is 0.905 bits per heavy atom. The third-order valence-electron chi connectivity index (χ3n) is 3.45. The van der Waals surface area contributed by atoms with Crippen molar-refractivity contribution in [2.45, 2.75) is 12.6 Å². The van der Waals surface area contributed by atoms with Crippen LogP contribution in [-0.2, 0) is 6.54 Å². The summed E-state index contributed by atoms with van der Waals surface area (Å²) in [6.07, 6.45) is 1.67. The van der Waals surface area contributed by atoms with Crippen molar-refractivity contribution < 1.29 is 9.52 Å². The number of phenols is 1. The van der Waals surface area contributed by atoms with Gasteiger partial charge in [0.25, 0.3) is 0 Å². The van der Waals surface area contributed by atoms with E-state index in [0.717, 1.165) is 16.9 Å². The summed E-state index contributed by atoms with van der Waals surface area (Å²) in [6.45, 7) is 0.562. The number of hydrogen-bond acceptors (Lipinski definition) is 3. The van der Waals surface area contributed by atoms with Crippen LogP contribution in [-0.4, -0.2) is 5.11 Å². The molecular formula is C18H17NO2. The van der Waals surface area contributed by atoms with Gasteiger partial charge in [0.15, 0.2) is 0 Å². The van der Waals surface area contributed by atoms with E-state index in [4.69, 9.17) is 4.42 Å². The van der Waals surface area contributed by atoms with E-state index in [1.54, 1.807) is 12.3 Å². The highest BCUT2D eigenvalue weighted by Gasteiger charge is 2.16. The minimum Gasteiger partial charge on any atom is -0.508 e. The van der Waals surface area contributed by atoms with Crippen LogP contribution >= 0.6 is 0 Å². The molecule has 3 heteroatoms. The van der Waals surface area contributed by atoms with Crippen LogP contribution in [0.15, 0.2) is 77.4 Å². The van der Waals surface area contributed by atoms with Crippen LogP contribution in [0.25, 0.3) is 0 Å². The number of phenolic OH excluding ortho intramolecular Hbond substituents is 1. The van der Waals surface area contributed by atoms with E-state index in [2.05, 4.69) is 17.4 Å². The van der Waals surface area contributed by atoms with Gasteiger partial charge in [-0.25, -0.2) is 0 Å². The normalized spacial score (nSPS) is 12.2. The van der Waals surface area contributed by atoms with Crippen molar-refractivity contribution >= 4 is 0 Å². The SMILES string of the molecule is Oc1ccccc1CNC(c1ccccc1)c1ccco1. The van der Waals surface area contributed by atoms with Crippen molar-refractivity contribution in [3.8, 4) is 5.75 Å². The van der Waals surface area contributed by atoms with Crippen molar-refractivity contribution in [3.05, 3.63) is 89.9 Å². The summed E-state index contributed by atoms with van der Waals surface area (Å²) in [5.41, 5.74) is 1.99. The van der Waals surface area contributed by atoms with Crippen LogP contribution in [0.1, 0.15) is 22.9 Å². The first-order valence-corrected chi connectivity index (χ1v) is 6.93. The number of nitrogens with one attached hydrogen (secondary N) is 1. The van der Waals surface area contributed by atoms with Gasteiger partial charge in [-0.05, 0) is 23.8 Å². The van der Waals surface area contributed by atoms with Gasteiger partial charge < -0.3 is 9.52 Å². The molecule has 3 rings (SSSR count). The van der Waals surface area contributed by atoms with Gasteiger partial charge in [0.1, 0.15) is 11.5 Å². The van der Waals surface area contributed by atoms with Crippen molar-refractivity contribution in [2.24, 2.45) is 0 Å². The van der Waals surface area contributed by atoms with Crippen molar-refractivity contribution in [1.29, 1.82) is 0 Å². The maximum Gasteiger partial charge on any atom is 0.125 e. The van der Waals surface area contributed by atoms with Crippen LogP contribution < -0.4 is 5.32 Å². The predicted octanol–water partition coefficient (Wildman–Crippen LogP) is 3.86. The zero-order valence-electron chi connectivity index (χ0n) is 11.6. The average Bonchev–Trinajstić information content (AvgIpc) is 3.04. The smallest absolute Gasteiger partial charge is 0.125 e. The van der Waals surface area contributed by atoms with Gasteiger partial charge in [0.2, 0.25) is 0 Å². The maximum atomic E-state index is 9.86. The van der Waals surface area contributed by atoms with Crippen LogP contribution in [0, 0.1) is 0 Å². The topological polar surface area (TPSA) is 45.4 Å². The van der Waals surface area contributed by atoms with E-state index in [9.17, 15) is 5.11 Å². The predicted molar refractivity (Wildman–Crippen MR) is 81.9 cm³/mol. The molecule has 0 saturated carbocycles. The van der Waals surface area contributed by atoms with E-state index in [1.807, 2.05) is 48.5 Å². The highest BCUT2D eigenvalue weighted by atomic mass is 16.3. The Balaban J connectivity index is 1.82. The monoisotopic (exact) mass is 279 g/mol. The first-order valence-electron chi connectivity index (χ1n) is 6.93. The fourth-order valence-corrected chi connectivity index (χ4v) is 2.36. The van der Waals surface area contributed by atoms with Crippen LogP contribution in [0.5, 0.6) is 5.75 Å². The molecule has 3 nitrogen and oxygen atoms in total. The van der Waals surface area contributed by atoms with E-state index in [1.165, 1.54) is 0 Å². The molecule has 0 bridgehead atoms. The Hall–Kier alpha value is -2.52. The first kappa shape index (κ1) is 13.5. The Labute approximate surface area is 123 Å². The summed E-state index contributed by atoms with van der Waals surface area (Å²) >= 11 is 0. The maximum absolute atomic E-state index is 9.86. The fourth-order valence-electron chi connectivity index (χ4n) is 2.36. The molecule has 1 unspecified atom stereocenters. The molecule has 1 heterocycles. The minimum atomic E-state index is -0.0409. The summed E-state index contributed by atoms with van der Waals surface area (Å²) in [4.78, 5) is 0. The fraction of sp³-hybridized carbons (Fsp3) is 0.111. The van der Waals surface area contributed by atoms with Crippen LogP contribution in [0.2, 0.25) is 0 Å². The molecule has 0 spiro atoms. The van der Waals surface area contributed by atoms with E-state index in [-0.39, 0.29) is 6.04 Å². The molecule has 106 valence electrons. The molecule has 0 radical (unpaired) electrons. The Morgan fingerprint density at radius 2 is 1.67 bits per heavy atom. The van der Waals surface area contributed by atoms with Gasteiger partial charge in [0, 0.05) is 12.1 Å². The number of para-hydroxylation sites is 1.